The number of anilines is 1. The van der Waals surface area contributed by atoms with E-state index in [9.17, 15) is 18.0 Å². The molecule has 0 aliphatic rings. The van der Waals surface area contributed by atoms with E-state index >= 15 is 0 Å². The Morgan fingerprint density at radius 3 is 2.00 bits per heavy atom. The minimum absolute atomic E-state index is 0.0612. The van der Waals surface area contributed by atoms with E-state index in [1.807, 2.05) is 0 Å². The summed E-state index contributed by atoms with van der Waals surface area (Å²) in [6.07, 6.45) is 1.08. The largest absolute Gasteiger partial charge is 0.325 e. The minimum atomic E-state index is -3.50. The Morgan fingerprint density at radius 2 is 1.64 bits per heavy atom. The maximum Gasteiger partial charge on any atom is 0.239 e. The van der Waals surface area contributed by atoms with Gasteiger partial charge in [-0.3, -0.25) is 9.59 Å². The van der Waals surface area contributed by atoms with Gasteiger partial charge in [0.1, 0.15) is 0 Å². The molecule has 6 nitrogen and oxygen atoms in total. The molecule has 1 aromatic carbocycles. The van der Waals surface area contributed by atoms with Crippen molar-refractivity contribution in [3.8, 4) is 0 Å². The van der Waals surface area contributed by atoms with Gasteiger partial charge in [0.2, 0.25) is 15.9 Å². The van der Waals surface area contributed by atoms with Gasteiger partial charge < -0.3 is 5.32 Å². The molecular formula is C15H22N2O4S. The molecule has 0 heterocycles. The van der Waals surface area contributed by atoms with E-state index in [-0.39, 0.29) is 12.3 Å². The van der Waals surface area contributed by atoms with Crippen LogP contribution in [-0.4, -0.2) is 42.8 Å². The Bertz CT molecular complexity index is 658. The van der Waals surface area contributed by atoms with Crippen LogP contribution in [0.15, 0.2) is 24.3 Å². The molecule has 0 fully saturated rings. The molecule has 0 unspecified atom stereocenters. The highest BCUT2D eigenvalue weighted by molar-refractivity contribution is 7.88. The van der Waals surface area contributed by atoms with Crippen molar-refractivity contribution in [2.24, 2.45) is 0 Å². The Kier molecular flexibility index (Phi) is 5.48. The van der Waals surface area contributed by atoms with Crippen LogP contribution in [0.3, 0.4) is 0 Å². The number of benzene rings is 1. The molecule has 1 N–H and O–H groups in total. The van der Waals surface area contributed by atoms with Crippen LogP contribution < -0.4 is 5.32 Å². The summed E-state index contributed by atoms with van der Waals surface area (Å²) in [6.45, 7) is 6.37. The number of sulfonamides is 1. The highest BCUT2D eigenvalue weighted by Crippen LogP contribution is 2.17. The van der Waals surface area contributed by atoms with Gasteiger partial charge in [0, 0.05) is 16.8 Å². The van der Waals surface area contributed by atoms with Crippen LogP contribution >= 0.6 is 0 Å². The first-order chi connectivity index (χ1) is 9.91. The van der Waals surface area contributed by atoms with Gasteiger partial charge >= 0.3 is 0 Å². The van der Waals surface area contributed by atoms with Gasteiger partial charge in [0.25, 0.3) is 0 Å². The van der Waals surface area contributed by atoms with E-state index in [2.05, 4.69) is 5.32 Å². The smallest absolute Gasteiger partial charge is 0.239 e. The number of hydrogen-bond donors (Lipinski definition) is 1. The van der Waals surface area contributed by atoms with E-state index in [0.29, 0.717) is 11.3 Å². The lowest BCUT2D eigenvalue weighted by atomic mass is 10.1. The van der Waals surface area contributed by atoms with Crippen LogP contribution in [0.2, 0.25) is 0 Å². The lowest BCUT2D eigenvalue weighted by Gasteiger charge is -2.32. The van der Waals surface area contributed by atoms with E-state index < -0.39 is 21.5 Å². The van der Waals surface area contributed by atoms with Gasteiger partial charge in [-0.25, -0.2) is 8.42 Å². The van der Waals surface area contributed by atoms with Gasteiger partial charge in [-0.2, -0.15) is 4.31 Å². The monoisotopic (exact) mass is 326 g/mol. The summed E-state index contributed by atoms with van der Waals surface area (Å²) < 4.78 is 24.7. The first-order valence-electron chi connectivity index (χ1n) is 6.80. The molecule has 22 heavy (non-hydrogen) atoms. The summed E-state index contributed by atoms with van der Waals surface area (Å²) in [5.74, 6) is -0.496. The number of ketones is 1. The molecule has 0 saturated carbocycles. The molecule has 0 aliphatic carbocycles. The van der Waals surface area contributed by atoms with Crippen molar-refractivity contribution in [1.82, 2.24) is 4.31 Å². The molecule has 1 amide bonds. The Balaban J connectivity index is 2.82. The summed E-state index contributed by atoms with van der Waals surface area (Å²) in [5, 5.41) is 2.63. The van der Waals surface area contributed by atoms with E-state index in [4.69, 9.17) is 0 Å². The SMILES string of the molecule is CC(=O)c1ccc(NC(=O)CN(C(C)(C)C)S(C)(=O)=O)cc1. The number of Topliss-reactive ketones (excluding diaryl/α,β-unsaturated/α-hetero) is 1. The number of amides is 1. The molecule has 1 aromatic rings. The second kappa shape index (κ2) is 6.58. The Labute approximate surface area is 131 Å². The maximum absolute atomic E-state index is 12.1. The van der Waals surface area contributed by atoms with Crippen molar-refractivity contribution in [2.75, 3.05) is 18.1 Å². The maximum atomic E-state index is 12.1. The van der Waals surface area contributed by atoms with Crippen LogP contribution in [0.25, 0.3) is 0 Å². The van der Waals surface area contributed by atoms with Gasteiger partial charge in [0.05, 0.1) is 12.8 Å². The summed E-state index contributed by atoms with van der Waals surface area (Å²) in [6, 6.07) is 6.43. The second-order valence-electron chi connectivity index (χ2n) is 6.12. The topological polar surface area (TPSA) is 83.6 Å². The van der Waals surface area contributed by atoms with Crippen LogP contribution in [0.4, 0.5) is 5.69 Å². The first-order valence-corrected chi connectivity index (χ1v) is 8.65. The van der Waals surface area contributed by atoms with Crippen molar-refractivity contribution >= 4 is 27.4 Å². The fourth-order valence-electron chi connectivity index (χ4n) is 1.97. The van der Waals surface area contributed by atoms with Gasteiger partial charge in [-0.05, 0) is 52.0 Å². The van der Waals surface area contributed by atoms with Crippen molar-refractivity contribution in [3.63, 3.8) is 0 Å². The predicted octanol–water partition coefficient (Wildman–Crippen LogP) is 1.89. The average Bonchev–Trinajstić information content (AvgIpc) is 2.34. The summed E-state index contributed by atoms with van der Waals surface area (Å²) in [4.78, 5) is 23.2. The standard InChI is InChI=1S/C15H22N2O4S/c1-11(18)12-6-8-13(9-7-12)16-14(19)10-17(15(2,3)4)22(5,20)21/h6-9H,10H2,1-5H3,(H,16,19). The van der Waals surface area contributed by atoms with E-state index in [1.165, 1.54) is 6.92 Å². The highest BCUT2D eigenvalue weighted by Gasteiger charge is 2.31. The van der Waals surface area contributed by atoms with Crippen molar-refractivity contribution in [2.45, 2.75) is 33.2 Å². The van der Waals surface area contributed by atoms with Crippen molar-refractivity contribution in [3.05, 3.63) is 29.8 Å². The molecular weight excluding hydrogens is 304 g/mol. The Morgan fingerprint density at radius 1 is 1.14 bits per heavy atom. The number of carbonyl (C=O) groups is 2. The summed E-state index contributed by atoms with van der Waals surface area (Å²) >= 11 is 0. The minimum Gasteiger partial charge on any atom is -0.325 e. The molecule has 0 aromatic heterocycles. The quantitative estimate of drug-likeness (QED) is 0.838. The molecule has 1 rings (SSSR count). The normalized spacial score (nSPS) is 12.3. The highest BCUT2D eigenvalue weighted by atomic mass is 32.2. The zero-order chi connectivity index (χ0) is 17.1. The molecule has 0 spiro atoms. The van der Waals surface area contributed by atoms with Crippen LogP contribution in [0.1, 0.15) is 38.1 Å². The fourth-order valence-corrected chi connectivity index (χ4v) is 3.32. The zero-order valence-electron chi connectivity index (χ0n) is 13.5. The van der Waals surface area contributed by atoms with E-state index in [1.54, 1.807) is 45.0 Å². The van der Waals surface area contributed by atoms with Gasteiger partial charge in [-0.15, -0.1) is 0 Å². The molecule has 0 saturated heterocycles. The molecule has 7 heteroatoms. The average molecular weight is 326 g/mol. The van der Waals surface area contributed by atoms with Crippen LogP contribution in [0, 0.1) is 0 Å². The zero-order valence-corrected chi connectivity index (χ0v) is 14.3. The molecule has 0 aliphatic heterocycles. The fraction of sp³-hybridized carbons (Fsp3) is 0.467. The lowest BCUT2D eigenvalue weighted by Crippen LogP contribution is -2.48. The number of hydrogen-bond acceptors (Lipinski definition) is 4. The number of nitrogens with one attached hydrogen (secondary N) is 1. The second-order valence-corrected chi connectivity index (χ2v) is 8.03. The van der Waals surface area contributed by atoms with Crippen molar-refractivity contribution < 1.29 is 18.0 Å². The van der Waals surface area contributed by atoms with Crippen molar-refractivity contribution in [1.29, 1.82) is 0 Å². The third kappa shape index (κ3) is 5.23. The van der Waals surface area contributed by atoms with Gasteiger partial charge in [0.15, 0.2) is 5.78 Å². The molecule has 0 bridgehead atoms. The third-order valence-electron chi connectivity index (χ3n) is 3.01. The first kappa shape index (κ1) is 18.3. The summed E-state index contributed by atoms with van der Waals surface area (Å²) in [7, 11) is -3.50. The Hall–Kier alpha value is -1.73. The molecule has 122 valence electrons. The van der Waals surface area contributed by atoms with E-state index in [0.717, 1.165) is 10.6 Å². The number of carbonyl (C=O) groups excluding carboxylic acids is 2. The van der Waals surface area contributed by atoms with Crippen LogP contribution in [0.5, 0.6) is 0 Å². The predicted molar refractivity (Wildman–Crippen MR) is 86.4 cm³/mol. The summed E-state index contributed by atoms with van der Waals surface area (Å²) in [5.41, 5.74) is 0.367. The lowest BCUT2D eigenvalue weighted by molar-refractivity contribution is -0.117. The molecule has 0 atom stereocenters. The number of nitrogens with zero attached hydrogens (tertiary/aromatic N) is 1. The third-order valence-corrected chi connectivity index (χ3v) is 4.49. The molecule has 0 radical (unpaired) electrons. The van der Waals surface area contributed by atoms with Gasteiger partial charge in [-0.1, -0.05) is 0 Å². The van der Waals surface area contributed by atoms with Crippen LogP contribution in [-0.2, 0) is 14.8 Å². The number of rotatable bonds is 5.